The van der Waals surface area contributed by atoms with E-state index in [9.17, 15) is 14.4 Å². The number of aryl methyl sites for hydroxylation is 1. The summed E-state index contributed by atoms with van der Waals surface area (Å²) in [6, 6.07) is 14.4. The van der Waals surface area contributed by atoms with Crippen LogP contribution in [0.25, 0.3) is 10.9 Å². The molecule has 0 spiro atoms. The van der Waals surface area contributed by atoms with E-state index in [2.05, 4.69) is 10.3 Å². The van der Waals surface area contributed by atoms with Crippen LogP contribution in [0, 0.1) is 6.92 Å². The Labute approximate surface area is 156 Å². The summed E-state index contributed by atoms with van der Waals surface area (Å²) in [6.45, 7) is 2.95. The molecule has 6 nitrogen and oxygen atoms in total. The molecule has 1 amide bonds. The van der Waals surface area contributed by atoms with Crippen molar-refractivity contribution >= 4 is 34.3 Å². The van der Waals surface area contributed by atoms with Crippen LogP contribution in [-0.2, 0) is 20.7 Å². The molecule has 3 rings (SSSR count). The smallest absolute Gasteiger partial charge is 0.310 e. The monoisotopic (exact) mass is 364 g/mol. The summed E-state index contributed by atoms with van der Waals surface area (Å²) in [5.41, 5.74) is 3.59. The molecule has 0 saturated heterocycles. The van der Waals surface area contributed by atoms with Crippen LogP contribution in [0.4, 0.5) is 5.69 Å². The number of anilines is 1. The summed E-state index contributed by atoms with van der Waals surface area (Å²) >= 11 is 0. The lowest BCUT2D eigenvalue weighted by atomic mass is 10.1. The van der Waals surface area contributed by atoms with Gasteiger partial charge in [-0.3, -0.25) is 14.4 Å². The van der Waals surface area contributed by atoms with Gasteiger partial charge in [-0.25, -0.2) is 0 Å². The standard InChI is InChI=1S/C21H20N2O4/c1-13-21(17-5-3-4-6-18(17)22-13)19(25)12-27-20(26)11-15-7-9-16(10-8-15)23-14(2)24/h3-10,22H,11-12H2,1-2H3,(H,23,24). The number of ketones is 1. The van der Waals surface area contributed by atoms with Crippen LogP contribution in [0.15, 0.2) is 48.5 Å². The second-order valence-electron chi connectivity index (χ2n) is 6.31. The topological polar surface area (TPSA) is 88.3 Å². The SMILES string of the molecule is CC(=O)Nc1ccc(CC(=O)OCC(=O)c2c(C)[nH]c3ccccc23)cc1. The first-order chi connectivity index (χ1) is 12.9. The van der Waals surface area contributed by atoms with Crippen LogP contribution >= 0.6 is 0 Å². The highest BCUT2D eigenvalue weighted by Gasteiger charge is 2.17. The van der Waals surface area contributed by atoms with Crippen molar-refractivity contribution in [3.05, 3.63) is 65.4 Å². The van der Waals surface area contributed by atoms with Crippen LogP contribution in [0.2, 0.25) is 0 Å². The molecule has 0 fully saturated rings. The molecule has 3 aromatic rings. The largest absolute Gasteiger partial charge is 0.457 e. The zero-order valence-corrected chi connectivity index (χ0v) is 15.2. The summed E-state index contributed by atoms with van der Waals surface area (Å²) < 4.78 is 5.16. The Morgan fingerprint density at radius 1 is 1.04 bits per heavy atom. The second-order valence-corrected chi connectivity index (χ2v) is 6.31. The lowest BCUT2D eigenvalue weighted by Gasteiger charge is -2.06. The first-order valence-electron chi connectivity index (χ1n) is 8.56. The summed E-state index contributed by atoms with van der Waals surface area (Å²) in [6.07, 6.45) is 0.0560. The molecule has 27 heavy (non-hydrogen) atoms. The average molecular weight is 364 g/mol. The summed E-state index contributed by atoms with van der Waals surface area (Å²) in [5.74, 6) is -0.874. The van der Waals surface area contributed by atoms with Gasteiger partial charge >= 0.3 is 5.97 Å². The molecule has 0 aliphatic carbocycles. The molecule has 1 aromatic heterocycles. The number of benzene rings is 2. The summed E-state index contributed by atoms with van der Waals surface area (Å²) in [4.78, 5) is 38.7. The van der Waals surface area contributed by atoms with Crippen LogP contribution in [0.1, 0.15) is 28.5 Å². The number of hydrogen-bond donors (Lipinski definition) is 2. The Balaban J connectivity index is 1.59. The number of esters is 1. The molecule has 0 unspecified atom stereocenters. The van der Waals surface area contributed by atoms with Gasteiger partial charge in [0.15, 0.2) is 6.61 Å². The fourth-order valence-electron chi connectivity index (χ4n) is 2.98. The second kappa shape index (κ2) is 7.86. The number of H-pyrrole nitrogens is 1. The van der Waals surface area contributed by atoms with Crippen LogP contribution in [0.5, 0.6) is 0 Å². The van der Waals surface area contributed by atoms with E-state index in [0.717, 1.165) is 22.2 Å². The van der Waals surface area contributed by atoms with Gasteiger partial charge in [-0.2, -0.15) is 0 Å². The van der Waals surface area contributed by atoms with Crippen LogP contribution < -0.4 is 5.32 Å². The molecule has 1 heterocycles. The number of para-hydroxylation sites is 1. The van der Waals surface area contributed by atoms with Crippen molar-refractivity contribution in [1.82, 2.24) is 4.98 Å². The zero-order chi connectivity index (χ0) is 19.4. The molecule has 2 N–H and O–H groups in total. The van der Waals surface area contributed by atoms with E-state index >= 15 is 0 Å². The Hall–Kier alpha value is -3.41. The molecule has 0 aliphatic heterocycles. The number of Topliss-reactive ketones (excluding diaryl/α,β-unsaturated/α-hetero) is 1. The van der Waals surface area contributed by atoms with Crippen LogP contribution in [0.3, 0.4) is 0 Å². The highest BCUT2D eigenvalue weighted by molar-refractivity contribution is 6.10. The lowest BCUT2D eigenvalue weighted by molar-refractivity contribution is -0.141. The third-order valence-electron chi connectivity index (χ3n) is 4.16. The third-order valence-corrected chi connectivity index (χ3v) is 4.16. The minimum Gasteiger partial charge on any atom is -0.457 e. The van der Waals surface area contributed by atoms with Crippen molar-refractivity contribution in [3.8, 4) is 0 Å². The molecule has 0 atom stereocenters. The maximum Gasteiger partial charge on any atom is 0.310 e. The number of carbonyl (C=O) groups is 3. The predicted molar refractivity (Wildman–Crippen MR) is 103 cm³/mol. The van der Waals surface area contributed by atoms with Crippen molar-refractivity contribution in [2.45, 2.75) is 20.3 Å². The third kappa shape index (κ3) is 4.41. The van der Waals surface area contributed by atoms with Gasteiger partial charge in [0.25, 0.3) is 0 Å². The Morgan fingerprint density at radius 2 is 1.74 bits per heavy atom. The molecule has 138 valence electrons. The van der Waals surface area contributed by atoms with Crippen molar-refractivity contribution in [1.29, 1.82) is 0 Å². The molecule has 2 aromatic carbocycles. The number of aromatic nitrogens is 1. The first-order valence-corrected chi connectivity index (χ1v) is 8.56. The first kappa shape index (κ1) is 18.4. The molecule has 0 radical (unpaired) electrons. The molecular weight excluding hydrogens is 344 g/mol. The number of amides is 1. The summed E-state index contributed by atoms with van der Waals surface area (Å²) in [7, 11) is 0. The highest BCUT2D eigenvalue weighted by Crippen LogP contribution is 2.22. The van der Waals surface area contributed by atoms with Crippen molar-refractivity contribution in [3.63, 3.8) is 0 Å². The summed E-state index contributed by atoms with van der Waals surface area (Å²) in [5, 5.41) is 3.48. The molecular formula is C21H20N2O4. The number of nitrogens with one attached hydrogen (secondary N) is 2. The zero-order valence-electron chi connectivity index (χ0n) is 15.2. The fourth-order valence-corrected chi connectivity index (χ4v) is 2.98. The van der Waals surface area contributed by atoms with E-state index in [1.165, 1.54) is 6.92 Å². The number of fused-ring (bicyclic) bond motifs is 1. The molecule has 0 bridgehead atoms. The number of hydrogen-bond acceptors (Lipinski definition) is 4. The predicted octanol–water partition coefficient (Wildman–Crippen LogP) is 3.40. The molecule has 0 saturated carbocycles. The van der Waals surface area contributed by atoms with Gasteiger partial charge in [-0.05, 0) is 30.7 Å². The van der Waals surface area contributed by atoms with E-state index in [4.69, 9.17) is 4.74 Å². The quantitative estimate of drug-likeness (QED) is 0.518. The molecule has 6 heteroatoms. The van der Waals surface area contributed by atoms with Crippen LogP contribution in [-0.4, -0.2) is 29.3 Å². The van der Waals surface area contributed by atoms with Gasteiger partial charge in [0.05, 0.1) is 6.42 Å². The molecule has 0 aliphatic rings. The van der Waals surface area contributed by atoms with Gasteiger partial charge in [0.1, 0.15) is 0 Å². The van der Waals surface area contributed by atoms with Crippen molar-refractivity contribution in [2.24, 2.45) is 0 Å². The number of ether oxygens (including phenoxy) is 1. The number of carbonyl (C=O) groups excluding carboxylic acids is 3. The minimum absolute atomic E-state index is 0.0560. The van der Waals surface area contributed by atoms with E-state index in [1.54, 1.807) is 24.3 Å². The number of rotatable bonds is 6. The van der Waals surface area contributed by atoms with Crippen molar-refractivity contribution < 1.29 is 19.1 Å². The lowest BCUT2D eigenvalue weighted by Crippen LogP contribution is -2.16. The Kier molecular flexibility index (Phi) is 5.35. The van der Waals surface area contributed by atoms with E-state index in [-0.39, 0.29) is 24.7 Å². The van der Waals surface area contributed by atoms with Gasteiger partial charge in [0.2, 0.25) is 11.7 Å². The van der Waals surface area contributed by atoms with E-state index in [0.29, 0.717) is 11.3 Å². The van der Waals surface area contributed by atoms with Crippen molar-refractivity contribution in [2.75, 3.05) is 11.9 Å². The average Bonchev–Trinajstić information content (AvgIpc) is 2.97. The van der Waals surface area contributed by atoms with Gasteiger partial charge in [-0.15, -0.1) is 0 Å². The number of aromatic amines is 1. The Morgan fingerprint density at radius 3 is 2.44 bits per heavy atom. The highest BCUT2D eigenvalue weighted by atomic mass is 16.5. The maximum absolute atomic E-state index is 12.5. The van der Waals surface area contributed by atoms with E-state index in [1.807, 2.05) is 31.2 Å². The van der Waals surface area contributed by atoms with Gasteiger partial charge in [-0.1, -0.05) is 30.3 Å². The fraction of sp³-hybridized carbons (Fsp3) is 0.190. The Bertz CT molecular complexity index is 1000. The normalized spacial score (nSPS) is 10.6. The van der Waals surface area contributed by atoms with Gasteiger partial charge < -0.3 is 15.0 Å². The maximum atomic E-state index is 12.5. The minimum atomic E-state index is -0.479. The van der Waals surface area contributed by atoms with E-state index < -0.39 is 5.97 Å². The van der Waals surface area contributed by atoms with Gasteiger partial charge in [0, 0.05) is 34.8 Å².